The third-order valence-corrected chi connectivity index (χ3v) is 6.56. The highest BCUT2D eigenvalue weighted by molar-refractivity contribution is 5.92. The van der Waals surface area contributed by atoms with Crippen molar-refractivity contribution in [3.63, 3.8) is 0 Å². The predicted octanol–water partition coefficient (Wildman–Crippen LogP) is 3.34. The van der Waals surface area contributed by atoms with Crippen LogP contribution in [0.5, 0.6) is 0 Å². The van der Waals surface area contributed by atoms with E-state index in [9.17, 15) is 5.11 Å². The fourth-order valence-electron chi connectivity index (χ4n) is 4.75. The summed E-state index contributed by atoms with van der Waals surface area (Å²) in [6, 6.07) is 0. The second-order valence-corrected chi connectivity index (χ2v) is 9.80. The van der Waals surface area contributed by atoms with Crippen molar-refractivity contribution in [3.8, 4) is 0 Å². The smallest absolute Gasteiger partial charge is 0.271 e. The van der Waals surface area contributed by atoms with E-state index in [2.05, 4.69) is 34.4 Å². The average Bonchev–Trinajstić information content (AvgIpc) is 3.06. The quantitative estimate of drug-likeness (QED) is 0.169. The molecule has 2 heterocycles. The maximum atomic E-state index is 13.5. The molecule has 31 heavy (non-hydrogen) atoms. The van der Waals surface area contributed by atoms with Crippen molar-refractivity contribution >= 4 is 11.8 Å². The van der Waals surface area contributed by atoms with Gasteiger partial charge in [-0.3, -0.25) is 14.5 Å². The summed E-state index contributed by atoms with van der Waals surface area (Å²) in [6.07, 6.45) is 19.3. The van der Waals surface area contributed by atoms with Gasteiger partial charge in [-0.2, -0.15) is 0 Å². The highest BCUT2D eigenvalue weighted by Crippen LogP contribution is 2.27. The van der Waals surface area contributed by atoms with E-state index < -0.39 is 5.72 Å². The summed E-state index contributed by atoms with van der Waals surface area (Å²) in [5.74, 6) is 2.15. The van der Waals surface area contributed by atoms with Gasteiger partial charge in [0.1, 0.15) is 0 Å². The maximum absolute atomic E-state index is 13.5. The van der Waals surface area contributed by atoms with Crippen LogP contribution < -0.4 is 16.6 Å². The molecule has 4 N–H and O–H groups in total. The largest absolute Gasteiger partial charge is 0.812 e. The van der Waals surface area contributed by atoms with Gasteiger partial charge in [0.15, 0.2) is 5.96 Å². The number of rotatable bonds is 16. The van der Waals surface area contributed by atoms with Gasteiger partial charge in [0.05, 0.1) is 25.4 Å². The number of hydrogen-bond acceptors (Lipinski definition) is 3. The molecule has 0 spiro atoms. The van der Waals surface area contributed by atoms with E-state index in [0.717, 1.165) is 69.9 Å². The second-order valence-electron chi connectivity index (χ2n) is 9.80. The fraction of sp³-hybridized carbons (Fsp3) is 0.840. The summed E-state index contributed by atoms with van der Waals surface area (Å²) < 4.78 is 2.40. The van der Waals surface area contributed by atoms with Crippen LogP contribution in [0.3, 0.4) is 0 Å². The topological polar surface area (TPSA) is 93.7 Å². The molecule has 178 valence electrons. The van der Waals surface area contributed by atoms with Crippen molar-refractivity contribution < 1.29 is 9.68 Å². The molecule has 6 nitrogen and oxygen atoms in total. The number of nitrogens with zero attached hydrogens (tertiary/aromatic N) is 3. The third-order valence-electron chi connectivity index (χ3n) is 6.56. The molecule has 2 aliphatic heterocycles. The predicted molar refractivity (Wildman–Crippen MR) is 129 cm³/mol. The van der Waals surface area contributed by atoms with Crippen LogP contribution in [-0.2, 0) is 0 Å². The summed E-state index contributed by atoms with van der Waals surface area (Å²) in [6.45, 7) is 8.26. The number of fused-ring (bicyclic) bond motifs is 1. The molecule has 2 rings (SSSR count). The van der Waals surface area contributed by atoms with E-state index in [1.54, 1.807) is 0 Å². The molecule has 0 aliphatic carbocycles. The van der Waals surface area contributed by atoms with Gasteiger partial charge in [-0.1, -0.05) is 65.2 Å². The summed E-state index contributed by atoms with van der Waals surface area (Å²) >= 11 is 0. The Kier molecular flexibility index (Phi) is 11.4. The van der Waals surface area contributed by atoms with Crippen LogP contribution in [0.1, 0.15) is 97.3 Å². The minimum atomic E-state index is -1.03. The van der Waals surface area contributed by atoms with Crippen LogP contribution in [0, 0.1) is 5.92 Å². The number of guanidine groups is 1. The first-order chi connectivity index (χ1) is 14.9. The number of unbranched alkanes of at least 4 members (excludes halogenated alkanes) is 8. The van der Waals surface area contributed by atoms with Gasteiger partial charge < -0.3 is 16.6 Å². The monoisotopic (exact) mass is 433 g/mol. The minimum Gasteiger partial charge on any atom is -0.812 e. The highest BCUT2D eigenvalue weighted by atomic mass is 16.3. The SMILES string of the molecule is CC(C)CCCCCCCCCC1([O-])C=CC2=[N+](CCCCCN=C(N)N)CCCN21. The Morgan fingerprint density at radius 2 is 1.74 bits per heavy atom. The lowest BCUT2D eigenvalue weighted by molar-refractivity contribution is -0.552. The van der Waals surface area contributed by atoms with Crippen molar-refractivity contribution in [2.24, 2.45) is 22.4 Å². The van der Waals surface area contributed by atoms with Crippen LogP contribution in [0.2, 0.25) is 0 Å². The summed E-state index contributed by atoms with van der Waals surface area (Å²) in [5.41, 5.74) is 9.70. The zero-order valence-corrected chi connectivity index (χ0v) is 20.2. The molecule has 0 saturated carbocycles. The zero-order chi connectivity index (χ0) is 22.5. The van der Waals surface area contributed by atoms with Gasteiger partial charge >= 0.3 is 0 Å². The Labute approximate surface area is 190 Å². The average molecular weight is 434 g/mol. The third kappa shape index (κ3) is 9.22. The van der Waals surface area contributed by atoms with E-state index in [-0.39, 0.29) is 5.96 Å². The standard InChI is InChI=1S/C25H47N5O/c1-22(2)14-9-6-4-3-5-7-10-16-25(31)17-15-23-29(20-13-21-30(23)25)19-12-8-11-18-28-24(26)27/h15,17,22H,3-14,16,18-21H2,1-2H3,(H4,26,27,28). The van der Waals surface area contributed by atoms with Crippen molar-refractivity contribution in [2.45, 2.75) is 103 Å². The summed E-state index contributed by atoms with van der Waals surface area (Å²) in [7, 11) is 0. The Hall–Kier alpha value is -1.56. The van der Waals surface area contributed by atoms with Crippen LogP contribution in [0.15, 0.2) is 17.1 Å². The van der Waals surface area contributed by atoms with Gasteiger partial charge in [-0.15, -0.1) is 0 Å². The van der Waals surface area contributed by atoms with Gasteiger partial charge in [0.25, 0.3) is 5.84 Å². The van der Waals surface area contributed by atoms with Crippen LogP contribution in [0.4, 0.5) is 0 Å². The van der Waals surface area contributed by atoms with Gasteiger partial charge in [-0.05, 0) is 37.7 Å². The Morgan fingerprint density at radius 3 is 2.45 bits per heavy atom. The number of hydrogen-bond donors (Lipinski definition) is 2. The first-order valence-electron chi connectivity index (χ1n) is 12.8. The molecule has 0 aromatic rings. The summed E-state index contributed by atoms with van der Waals surface area (Å²) in [5, 5.41) is 13.5. The number of amidine groups is 1. The van der Waals surface area contributed by atoms with Gasteiger partial charge in [-0.25, -0.2) is 0 Å². The Balaban J connectivity index is 1.66. The van der Waals surface area contributed by atoms with Crippen molar-refractivity contribution in [3.05, 3.63) is 12.2 Å². The van der Waals surface area contributed by atoms with Crippen LogP contribution in [0.25, 0.3) is 0 Å². The number of aliphatic imine (C=N–C) groups is 1. The van der Waals surface area contributed by atoms with Crippen molar-refractivity contribution in [1.82, 2.24) is 4.90 Å². The molecular weight excluding hydrogens is 386 g/mol. The van der Waals surface area contributed by atoms with Crippen molar-refractivity contribution in [2.75, 3.05) is 26.2 Å². The molecule has 0 aromatic heterocycles. The molecule has 0 fully saturated rings. The lowest BCUT2D eigenvalue weighted by atomic mass is 10.0. The molecule has 1 unspecified atom stereocenters. The van der Waals surface area contributed by atoms with Crippen molar-refractivity contribution in [1.29, 1.82) is 0 Å². The van der Waals surface area contributed by atoms with Crippen LogP contribution >= 0.6 is 0 Å². The second kappa shape index (κ2) is 13.8. The number of nitrogens with two attached hydrogens (primary N) is 2. The molecule has 0 aromatic carbocycles. The first kappa shape index (κ1) is 25.7. The molecule has 0 radical (unpaired) electrons. The maximum Gasteiger partial charge on any atom is 0.271 e. The molecule has 0 saturated heterocycles. The van der Waals surface area contributed by atoms with E-state index in [4.69, 9.17) is 11.5 Å². The molecule has 0 bridgehead atoms. The fourth-order valence-corrected chi connectivity index (χ4v) is 4.75. The molecule has 6 heteroatoms. The highest BCUT2D eigenvalue weighted by Gasteiger charge is 2.39. The van der Waals surface area contributed by atoms with Gasteiger partial charge in [0.2, 0.25) is 0 Å². The Morgan fingerprint density at radius 1 is 1.06 bits per heavy atom. The molecular formula is C25H47N5O. The lowest BCUT2D eigenvalue weighted by Gasteiger charge is -2.41. The minimum absolute atomic E-state index is 0.173. The lowest BCUT2D eigenvalue weighted by Crippen LogP contribution is -2.59. The zero-order valence-electron chi connectivity index (χ0n) is 20.2. The summed E-state index contributed by atoms with van der Waals surface area (Å²) in [4.78, 5) is 6.17. The molecule has 1 atom stereocenters. The first-order valence-corrected chi connectivity index (χ1v) is 12.8. The Bertz CT molecular complexity index is 609. The van der Waals surface area contributed by atoms with Gasteiger partial charge in [0, 0.05) is 19.0 Å². The van der Waals surface area contributed by atoms with E-state index in [0.29, 0.717) is 6.54 Å². The normalized spacial score (nSPS) is 20.6. The van der Waals surface area contributed by atoms with E-state index >= 15 is 0 Å². The van der Waals surface area contributed by atoms with E-state index in [1.807, 2.05) is 6.08 Å². The van der Waals surface area contributed by atoms with Crippen LogP contribution in [-0.4, -0.2) is 53.2 Å². The molecule has 2 aliphatic rings. The van der Waals surface area contributed by atoms with E-state index in [1.165, 1.54) is 44.9 Å². The molecule has 0 amide bonds.